The zero-order valence-corrected chi connectivity index (χ0v) is 14.0. The monoisotopic (exact) mass is 348 g/mol. The summed E-state index contributed by atoms with van der Waals surface area (Å²) in [5.74, 6) is 0. The third-order valence-electron chi connectivity index (χ3n) is 3.47. The Kier molecular flexibility index (Phi) is 7.27. The number of likely N-dealkylation sites (N-methyl/N-ethyl adjacent to an activating group) is 1. The molecule has 2 heterocycles. The summed E-state index contributed by atoms with van der Waals surface area (Å²) in [5, 5.41) is 36.5. The Balaban J connectivity index is 0.000000351. The van der Waals surface area contributed by atoms with Gasteiger partial charge in [-0.2, -0.15) is 0 Å². The minimum Gasteiger partial charge on any atom is -0.394 e. The molecule has 0 aliphatic carbocycles. The number of aromatic amines is 2. The highest BCUT2D eigenvalue weighted by Crippen LogP contribution is 2.31. The number of H-pyrrole nitrogens is 2. The smallest absolute Gasteiger partial charge is 0.325 e. The van der Waals surface area contributed by atoms with Gasteiger partial charge in [-0.05, 0) is 0 Å². The number of hydrogen-bond donors (Lipinski definition) is 6. The predicted octanol–water partition coefficient (Wildman–Crippen LogP) is -3.10. The zero-order valence-electron chi connectivity index (χ0n) is 14.0. The first kappa shape index (κ1) is 20.5. The summed E-state index contributed by atoms with van der Waals surface area (Å²) in [4.78, 5) is 26.5. The average molecular weight is 348 g/mol. The molecule has 138 valence electrons. The number of nitrogens with zero attached hydrogens (tertiary/aromatic N) is 1. The first-order valence-corrected chi connectivity index (χ1v) is 7.46. The Morgan fingerprint density at radius 2 is 1.79 bits per heavy atom. The summed E-state index contributed by atoms with van der Waals surface area (Å²) >= 11 is 0. The molecule has 4 atom stereocenters. The maximum absolute atomic E-state index is 11.5. The van der Waals surface area contributed by atoms with Crippen molar-refractivity contribution in [2.45, 2.75) is 24.4 Å². The van der Waals surface area contributed by atoms with Gasteiger partial charge in [-0.3, -0.25) is 9.78 Å². The molecule has 0 spiro atoms. The lowest BCUT2D eigenvalue weighted by Gasteiger charge is -2.21. The van der Waals surface area contributed by atoms with Crippen LogP contribution >= 0.6 is 0 Å². The van der Waals surface area contributed by atoms with Crippen molar-refractivity contribution in [1.29, 1.82) is 0 Å². The van der Waals surface area contributed by atoms with Crippen molar-refractivity contribution >= 4 is 0 Å². The van der Waals surface area contributed by atoms with Crippen molar-refractivity contribution in [2.24, 2.45) is 0 Å². The first-order chi connectivity index (χ1) is 11.1. The van der Waals surface area contributed by atoms with Gasteiger partial charge in [-0.1, -0.05) is 0 Å². The molecular formula is C14H26N3O7+. The largest absolute Gasteiger partial charge is 0.394 e. The fraction of sp³-hybridized carbons (Fsp3) is 0.714. The lowest BCUT2D eigenvalue weighted by Crippen LogP contribution is -2.36. The number of quaternary nitrogens is 1. The second-order valence-electron chi connectivity index (χ2n) is 6.52. The van der Waals surface area contributed by atoms with Gasteiger partial charge in [0.05, 0.1) is 39.9 Å². The van der Waals surface area contributed by atoms with Gasteiger partial charge in [-0.15, -0.1) is 0 Å². The van der Waals surface area contributed by atoms with Crippen molar-refractivity contribution in [3.8, 4) is 0 Å². The van der Waals surface area contributed by atoms with Crippen LogP contribution in [0.5, 0.6) is 0 Å². The molecule has 0 bridgehead atoms. The van der Waals surface area contributed by atoms with E-state index in [0.29, 0.717) is 0 Å². The van der Waals surface area contributed by atoms with E-state index in [-0.39, 0.29) is 12.2 Å². The fourth-order valence-electron chi connectivity index (χ4n) is 2.09. The van der Waals surface area contributed by atoms with E-state index in [1.54, 1.807) is 0 Å². The van der Waals surface area contributed by atoms with Gasteiger partial charge in [0.25, 0.3) is 5.56 Å². The Bertz CT molecular complexity index is 622. The quantitative estimate of drug-likeness (QED) is 0.315. The molecule has 24 heavy (non-hydrogen) atoms. The van der Waals surface area contributed by atoms with E-state index in [9.17, 15) is 19.8 Å². The molecule has 0 radical (unpaired) electrons. The minimum atomic E-state index is -1.33. The lowest BCUT2D eigenvalue weighted by molar-refractivity contribution is -0.870. The molecule has 10 nitrogen and oxygen atoms in total. The van der Waals surface area contributed by atoms with Gasteiger partial charge in [0.1, 0.15) is 31.0 Å². The molecule has 1 saturated heterocycles. The Morgan fingerprint density at radius 3 is 2.17 bits per heavy atom. The summed E-state index contributed by atoms with van der Waals surface area (Å²) in [6.07, 6.45) is -3.54. The van der Waals surface area contributed by atoms with Gasteiger partial charge in [-0.25, -0.2) is 4.79 Å². The molecule has 1 aliphatic rings. The van der Waals surface area contributed by atoms with Crippen LogP contribution in [-0.4, -0.2) is 94.1 Å². The molecule has 1 aromatic rings. The van der Waals surface area contributed by atoms with Gasteiger partial charge >= 0.3 is 5.69 Å². The van der Waals surface area contributed by atoms with E-state index >= 15 is 0 Å². The molecule has 0 unspecified atom stereocenters. The average Bonchev–Trinajstić information content (AvgIpc) is 2.74. The van der Waals surface area contributed by atoms with Crippen LogP contribution in [0.1, 0.15) is 11.7 Å². The predicted molar refractivity (Wildman–Crippen MR) is 84.4 cm³/mol. The van der Waals surface area contributed by atoms with Crippen LogP contribution < -0.4 is 11.2 Å². The molecule has 1 fully saturated rings. The van der Waals surface area contributed by atoms with E-state index in [2.05, 4.69) is 26.1 Å². The second kappa shape index (κ2) is 8.51. The highest BCUT2D eigenvalue weighted by molar-refractivity contribution is 5.13. The zero-order chi connectivity index (χ0) is 18.5. The van der Waals surface area contributed by atoms with Gasteiger partial charge in [0.2, 0.25) is 0 Å². The summed E-state index contributed by atoms with van der Waals surface area (Å²) in [6.45, 7) is 0.638. The molecule has 1 aromatic heterocycles. The number of ether oxygens (including phenoxy) is 1. The van der Waals surface area contributed by atoms with Gasteiger partial charge < -0.3 is 34.6 Å². The molecule has 0 amide bonds. The summed E-state index contributed by atoms with van der Waals surface area (Å²) < 4.78 is 5.99. The number of aliphatic hydroxyl groups is 4. The number of rotatable bonds is 4. The summed E-state index contributed by atoms with van der Waals surface area (Å²) in [6, 6.07) is 0. The van der Waals surface area contributed by atoms with E-state index in [1.807, 2.05) is 4.98 Å². The summed E-state index contributed by atoms with van der Waals surface area (Å²) in [5.41, 5.74) is -1.39. The lowest BCUT2D eigenvalue weighted by atomic mass is 10.0. The normalized spacial score (nSPS) is 26.8. The fourth-order valence-corrected chi connectivity index (χ4v) is 2.09. The van der Waals surface area contributed by atoms with Crippen LogP contribution in [0.15, 0.2) is 15.8 Å². The molecule has 0 saturated carbocycles. The molecule has 10 heteroatoms. The van der Waals surface area contributed by atoms with Gasteiger partial charge in [0, 0.05) is 6.20 Å². The third-order valence-corrected chi connectivity index (χ3v) is 3.47. The third kappa shape index (κ3) is 5.51. The van der Waals surface area contributed by atoms with E-state index < -0.39 is 42.3 Å². The number of hydrogen-bond acceptors (Lipinski definition) is 7. The number of nitrogens with one attached hydrogen (secondary N) is 2. The van der Waals surface area contributed by atoms with Crippen molar-refractivity contribution in [3.05, 3.63) is 32.6 Å². The maximum Gasteiger partial charge on any atom is 0.325 e. The standard InChI is InChI=1S/C9H12N2O6.C5H14NO/c12-2-4-5(13)6(14)7(17-4)3-1-10-9(16)11-8(3)15;1-6(2,3)4-5-7/h1,4-7,12-14H,2H2,(H2,10,11,15,16);7H,4-5H2,1-3H3/q;+1/t4-,5-,6-,7+;/m1./s1. The molecular weight excluding hydrogens is 322 g/mol. The number of aromatic nitrogens is 2. The Labute approximate surface area is 138 Å². The van der Waals surface area contributed by atoms with E-state index in [4.69, 9.17) is 14.9 Å². The van der Waals surface area contributed by atoms with Crippen molar-refractivity contribution in [3.63, 3.8) is 0 Å². The van der Waals surface area contributed by atoms with Crippen LogP contribution in [0.25, 0.3) is 0 Å². The van der Waals surface area contributed by atoms with Crippen molar-refractivity contribution < 1.29 is 29.6 Å². The van der Waals surface area contributed by atoms with Crippen LogP contribution in [0.4, 0.5) is 0 Å². The van der Waals surface area contributed by atoms with Crippen LogP contribution in [0, 0.1) is 0 Å². The van der Waals surface area contributed by atoms with Crippen LogP contribution in [0.3, 0.4) is 0 Å². The highest BCUT2D eigenvalue weighted by atomic mass is 16.6. The molecule has 1 aliphatic heterocycles. The number of aliphatic hydroxyl groups excluding tert-OH is 4. The van der Waals surface area contributed by atoms with Crippen LogP contribution in [-0.2, 0) is 4.74 Å². The summed E-state index contributed by atoms with van der Waals surface area (Å²) in [7, 11) is 6.16. The SMILES string of the molecule is C[N+](C)(C)CCO.O=c1[nH]cc([C@@H]2O[C@H](CO)[C@@H](O)[C@H]2O)c(=O)[nH]1. The Hall–Kier alpha value is -1.56. The first-order valence-electron chi connectivity index (χ1n) is 7.46. The van der Waals surface area contributed by atoms with E-state index in [0.717, 1.165) is 17.2 Å². The topological polar surface area (TPSA) is 156 Å². The van der Waals surface area contributed by atoms with Crippen molar-refractivity contribution in [1.82, 2.24) is 9.97 Å². The Morgan fingerprint density at radius 1 is 1.17 bits per heavy atom. The molecule has 0 aromatic carbocycles. The van der Waals surface area contributed by atoms with Gasteiger partial charge in [0.15, 0.2) is 0 Å². The highest BCUT2D eigenvalue weighted by Gasteiger charge is 2.44. The second-order valence-corrected chi connectivity index (χ2v) is 6.52. The molecule has 6 N–H and O–H groups in total. The van der Waals surface area contributed by atoms with E-state index in [1.165, 1.54) is 0 Å². The van der Waals surface area contributed by atoms with Crippen molar-refractivity contribution in [2.75, 3.05) is 40.9 Å². The molecule has 2 rings (SSSR count). The minimum absolute atomic E-state index is 0.00731. The maximum atomic E-state index is 11.5. The van der Waals surface area contributed by atoms with Crippen LogP contribution in [0.2, 0.25) is 0 Å².